The molecular formula is C15H15NO3S. The van der Waals surface area contributed by atoms with Gasteiger partial charge in [-0.2, -0.15) is 11.3 Å². The zero-order chi connectivity index (χ0) is 14.7. The lowest BCUT2D eigenvalue weighted by Gasteiger charge is -2.19. The van der Waals surface area contributed by atoms with E-state index in [4.69, 9.17) is 4.74 Å². The third-order valence-electron chi connectivity index (χ3n) is 3.06. The average Bonchev–Trinajstić information content (AvgIpc) is 2.91. The summed E-state index contributed by atoms with van der Waals surface area (Å²) < 4.78 is 4.75. The number of carbonyl (C=O) groups excluding carboxylic acids is 2. The molecular weight excluding hydrogens is 274 g/mol. The van der Waals surface area contributed by atoms with Crippen LogP contribution >= 0.6 is 11.3 Å². The Labute approximate surface area is 121 Å². The number of para-hydroxylation sites is 1. The van der Waals surface area contributed by atoms with Crippen LogP contribution in [0, 0.1) is 6.92 Å². The zero-order valence-electron chi connectivity index (χ0n) is 11.5. The molecule has 2 aromatic rings. The van der Waals surface area contributed by atoms with Crippen LogP contribution in [0.5, 0.6) is 0 Å². The van der Waals surface area contributed by atoms with Crippen LogP contribution in [0.2, 0.25) is 0 Å². The average molecular weight is 289 g/mol. The molecule has 0 unspecified atom stereocenters. The molecule has 0 aliphatic carbocycles. The number of nitrogens with zero attached hydrogens (tertiary/aromatic N) is 1. The minimum atomic E-state index is -0.456. The van der Waals surface area contributed by atoms with Crippen LogP contribution in [0.3, 0.4) is 0 Å². The minimum Gasteiger partial charge on any atom is -0.465 e. The van der Waals surface area contributed by atoms with E-state index in [1.807, 2.05) is 17.7 Å². The summed E-state index contributed by atoms with van der Waals surface area (Å²) in [6, 6.07) is 6.90. The van der Waals surface area contributed by atoms with Crippen LogP contribution in [-0.2, 0) is 4.74 Å². The number of thiophene rings is 1. The second kappa shape index (κ2) is 5.88. The molecule has 0 aliphatic heterocycles. The first-order valence-corrected chi connectivity index (χ1v) is 6.98. The normalized spacial score (nSPS) is 10.2. The molecule has 0 bridgehead atoms. The van der Waals surface area contributed by atoms with E-state index in [-0.39, 0.29) is 5.91 Å². The number of ether oxygens (including phenoxy) is 1. The summed E-state index contributed by atoms with van der Waals surface area (Å²) >= 11 is 1.48. The fourth-order valence-corrected chi connectivity index (χ4v) is 2.74. The van der Waals surface area contributed by atoms with E-state index < -0.39 is 5.97 Å². The van der Waals surface area contributed by atoms with E-state index in [0.717, 1.165) is 5.56 Å². The summed E-state index contributed by atoms with van der Waals surface area (Å²) in [5, 5.41) is 3.74. The van der Waals surface area contributed by atoms with Crippen molar-refractivity contribution >= 4 is 28.9 Å². The van der Waals surface area contributed by atoms with Gasteiger partial charge in [0.2, 0.25) is 0 Å². The second-order valence-electron chi connectivity index (χ2n) is 4.34. The molecule has 1 heterocycles. The van der Waals surface area contributed by atoms with Gasteiger partial charge in [-0.3, -0.25) is 4.79 Å². The van der Waals surface area contributed by atoms with Gasteiger partial charge in [-0.15, -0.1) is 0 Å². The number of carbonyl (C=O) groups is 2. The van der Waals surface area contributed by atoms with E-state index >= 15 is 0 Å². The van der Waals surface area contributed by atoms with Crippen molar-refractivity contribution in [3.05, 3.63) is 51.7 Å². The van der Waals surface area contributed by atoms with Gasteiger partial charge in [0.15, 0.2) is 0 Å². The van der Waals surface area contributed by atoms with Crippen molar-refractivity contribution in [3.8, 4) is 0 Å². The summed E-state index contributed by atoms with van der Waals surface area (Å²) in [5.41, 5.74) is 2.49. The van der Waals surface area contributed by atoms with Gasteiger partial charge in [0.1, 0.15) is 0 Å². The second-order valence-corrected chi connectivity index (χ2v) is 5.08. The topological polar surface area (TPSA) is 46.6 Å². The molecule has 0 N–H and O–H groups in total. The van der Waals surface area contributed by atoms with Crippen molar-refractivity contribution < 1.29 is 14.3 Å². The molecule has 2 rings (SSSR count). The van der Waals surface area contributed by atoms with Crippen molar-refractivity contribution in [2.24, 2.45) is 0 Å². The lowest BCUT2D eigenvalue weighted by atomic mass is 10.1. The van der Waals surface area contributed by atoms with Crippen molar-refractivity contribution in [3.63, 3.8) is 0 Å². The first-order chi connectivity index (χ1) is 9.56. The van der Waals surface area contributed by atoms with Gasteiger partial charge in [-0.25, -0.2) is 4.79 Å². The number of aryl methyl sites for hydroxylation is 1. The quantitative estimate of drug-likeness (QED) is 0.816. The molecule has 0 saturated carbocycles. The highest BCUT2D eigenvalue weighted by Gasteiger charge is 2.21. The van der Waals surface area contributed by atoms with Crippen LogP contribution < -0.4 is 4.90 Å². The van der Waals surface area contributed by atoms with Gasteiger partial charge in [-0.05, 0) is 30.0 Å². The number of hydrogen-bond donors (Lipinski definition) is 0. The Morgan fingerprint density at radius 3 is 2.45 bits per heavy atom. The number of amides is 1. The molecule has 1 aromatic carbocycles. The van der Waals surface area contributed by atoms with Gasteiger partial charge in [0.25, 0.3) is 5.91 Å². The van der Waals surface area contributed by atoms with Crippen molar-refractivity contribution in [1.82, 2.24) is 0 Å². The van der Waals surface area contributed by atoms with Crippen LogP contribution in [-0.4, -0.2) is 26.0 Å². The Morgan fingerprint density at radius 1 is 1.15 bits per heavy atom. The first kappa shape index (κ1) is 14.3. The molecule has 0 fully saturated rings. The van der Waals surface area contributed by atoms with E-state index in [1.54, 1.807) is 31.3 Å². The SMILES string of the molecule is COC(=O)c1ccccc1N(C)C(=O)c1cscc1C. The number of rotatable bonds is 3. The highest BCUT2D eigenvalue weighted by Crippen LogP contribution is 2.24. The van der Waals surface area contributed by atoms with Crippen LogP contribution in [0.25, 0.3) is 0 Å². The fourth-order valence-electron chi connectivity index (χ4n) is 1.92. The monoisotopic (exact) mass is 289 g/mol. The predicted molar refractivity (Wildman–Crippen MR) is 79.6 cm³/mol. The number of anilines is 1. The van der Waals surface area contributed by atoms with Crippen LogP contribution in [0.4, 0.5) is 5.69 Å². The lowest BCUT2D eigenvalue weighted by Crippen LogP contribution is -2.28. The summed E-state index contributed by atoms with van der Waals surface area (Å²) in [6.45, 7) is 1.89. The summed E-state index contributed by atoms with van der Waals surface area (Å²) in [4.78, 5) is 25.7. The molecule has 104 valence electrons. The smallest absolute Gasteiger partial charge is 0.339 e. The summed E-state index contributed by atoms with van der Waals surface area (Å²) in [5.74, 6) is -0.595. The number of benzene rings is 1. The van der Waals surface area contributed by atoms with Crippen LogP contribution in [0.15, 0.2) is 35.0 Å². The van der Waals surface area contributed by atoms with E-state index in [0.29, 0.717) is 16.8 Å². The highest BCUT2D eigenvalue weighted by atomic mass is 32.1. The van der Waals surface area contributed by atoms with Gasteiger partial charge in [0.05, 0.1) is 23.9 Å². The third kappa shape index (κ3) is 2.58. The van der Waals surface area contributed by atoms with Gasteiger partial charge >= 0.3 is 5.97 Å². The molecule has 0 saturated heterocycles. The molecule has 5 heteroatoms. The standard InChI is InChI=1S/C15H15NO3S/c1-10-8-20-9-12(10)14(17)16(2)13-7-5-4-6-11(13)15(18)19-3/h4-9H,1-3H3. The van der Waals surface area contributed by atoms with E-state index in [2.05, 4.69) is 0 Å². The maximum absolute atomic E-state index is 12.5. The molecule has 0 spiro atoms. The Kier molecular flexibility index (Phi) is 4.20. The third-order valence-corrected chi connectivity index (χ3v) is 3.92. The predicted octanol–water partition coefficient (Wildman–Crippen LogP) is 3.12. The lowest BCUT2D eigenvalue weighted by molar-refractivity contribution is 0.0601. The van der Waals surface area contributed by atoms with Crippen molar-refractivity contribution in [1.29, 1.82) is 0 Å². The van der Waals surface area contributed by atoms with Crippen molar-refractivity contribution in [2.45, 2.75) is 6.92 Å². The van der Waals surface area contributed by atoms with Gasteiger partial charge in [-0.1, -0.05) is 12.1 Å². The molecule has 4 nitrogen and oxygen atoms in total. The maximum Gasteiger partial charge on any atom is 0.339 e. The minimum absolute atomic E-state index is 0.139. The Hall–Kier alpha value is -2.14. The summed E-state index contributed by atoms with van der Waals surface area (Å²) in [7, 11) is 2.98. The molecule has 0 aliphatic rings. The van der Waals surface area contributed by atoms with E-state index in [1.165, 1.54) is 23.3 Å². The number of methoxy groups -OCH3 is 1. The first-order valence-electron chi connectivity index (χ1n) is 6.04. The number of esters is 1. The van der Waals surface area contributed by atoms with Gasteiger partial charge in [0, 0.05) is 12.4 Å². The van der Waals surface area contributed by atoms with Gasteiger partial charge < -0.3 is 9.64 Å². The maximum atomic E-state index is 12.5. The molecule has 0 radical (unpaired) electrons. The Morgan fingerprint density at radius 2 is 1.85 bits per heavy atom. The zero-order valence-corrected chi connectivity index (χ0v) is 12.4. The van der Waals surface area contributed by atoms with Crippen LogP contribution in [0.1, 0.15) is 26.3 Å². The molecule has 0 atom stereocenters. The highest BCUT2D eigenvalue weighted by molar-refractivity contribution is 7.08. The molecule has 1 aromatic heterocycles. The number of hydrogen-bond acceptors (Lipinski definition) is 4. The Balaban J connectivity index is 2.39. The molecule has 20 heavy (non-hydrogen) atoms. The largest absolute Gasteiger partial charge is 0.465 e. The van der Waals surface area contributed by atoms with E-state index in [9.17, 15) is 9.59 Å². The summed E-state index contributed by atoms with van der Waals surface area (Å²) in [6.07, 6.45) is 0. The Bertz CT molecular complexity index is 648. The molecule has 1 amide bonds. The fraction of sp³-hybridized carbons (Fsp3) is 0.200. The van der Waals surface area contributed by atoms with Crippen molar-refractivity contribution in [2.75, 3.05) is 19.1 Å².